The number of benzene rings is 1. The van der Waals surface area contributed by atoms with Crippen molar-refractivity contribution in [3.8, 4) is 0 Å². The topological polar surface area (TPSA) is 106 Å². The van der Waals surface area contributed by atoms with Gasteiger partial charge in [0.1, 0.15) is 0 Å². The number of rotatable bonds is 5. The second-order valence-corrected chi connectivity index (χ2v) is 5.94. The Bertz CT molecular complexity index is 813. The second kappa shape index (κ2) is 7.87. The van der Waals surface area contributed by atoms with E-state index in [1.165, 1.54) is 12.1 Å². The molecule has 9 nitrogen and oxygen atoms in total. The zero-order valence-corrected chi connectivity index (χ0v) is 14.7. The Morgan fingerprint density at radius 2 is 1.92 bits per heavy atom. The molecule has 1 fully saturated rings. The van der Waals surface area contributed by atoms with E-state index >= 15 is 0 Å². The van der Waals surface area contributed by atoms with Crippen molar-refractivity contribution in [2.45, 2.75) is 13.8 Å². The minimum Gasteiger partial charge on any atom is -0.378 e. The van der Waals surface area contributed by atoms with Gasteiger partial charge in [-0.2, -0.15) is 5.10 Å². The minimum absolute atomic E-state index is 0.0195. The van der Waals surface area contributed by atoms with E-state index in [0.717, 1.165) is 30.2 Å². The van der Waals surface area contributed by atoms with E-state index in [9.17, 15) is 10.1 Å². The summed E-state index contributed by atoms with van der Waals surface area (Å²) in [5, 5.41) is 15.3. The van der Waals surface area contributed by atoms with Crippen LogP contribution in [0.15, 0.2) is 29.4 Å². The normalized spacial score (nSPS) is 14.6. The Kier molecular flexibility index (Phi) is 5.37. The molecular weight excluding hydrogens is 336 g/mol. The van der Waals surface area contributed by atoms with Gasteiger partial charge in [-0.05, 0) is 26.0 Å². The third kappa shape index (κ3) is 4.31. The first-order valence-corrected chi connectivity index (χ1v) is 8.25. The van der Waals surface area contributed by atoms with Gasteiger partial charge in [-0.15, -0.1) is 0 Å². The molecule has 1 aromatic heterocycles. The molecule has 1 aliphatic heterocycles. The molecule has 26 heavy (non-hydrogen) atoms. The third-order valence-corrected chi connectivity index (χ3v) is 3.92. The van der Waals surface area contributed by atoms with Gasteiger partial charge < -0.3 is 9.64 Å². The van der Waals surface area contributed by atoms with Gasteiger partial charge >= 0.3 is 0 Å². The number of aryl methyl sites for hydroxylation is 2. The number of aromatic nitrogens is 2. The predicted octanol–water partition coefficient (Wildman–Crippen LogP) is 2.28. The summed E-state index contributed by atoms with van der Waals surface area (Å²) in [7, 11) is 0. The van der Waals surface area contributed by atoms with Crippen LogP contribution in [0.2, 0.25) is 0 Å². The van der Waals surface area contributed by atoms with E-state index in [-0.39, 0.29) is 5.69 Å². The van der Waals surface area contributed by atoms with Crippen molar-refractivity contribution in [2.75, 3.05) is 36.6 Å². The molecule has 0 unspecified atom stereocenters. The molecule has 0 aliphatic carbocycles. The molecule has 2 aromatic rings. The number of hydrogen-bond donors (Lipinski definition) is 1. The molecule has 1 aromatic carbocycles. The molecule has 1 N–H and O–H groups in total. The predicted molar refractivity (Wildman–Crippen MR) is 98.9 cm³/mol. The van der Waals surface area contributed by atoms with Crippen molar-refractivity contribution in [3.63, 3.8) is 0 Å². The molecule has 1 saturated heterocycles. The lowest BCUT2D eigenvalue weighted by atomic mass is 10.1. The van der Waals surface area contributed by atoms with E-state index < -0.39 is 4.92 Å². The van der Waals surface area contributed by atoms with Gasteiger partial charge in [0.05, 0.1) is 24.4 Å². The number of non-ortho nitro benzene ring substituents is 1. The van der Waals surface area contributed by atoms with Crippen LogP contribution in [0.1, 0.15) is 17.0 Å². The number of ether oxygens (including phenoxy) is 1. The van der Waals surface area contributed by atoms with E-state index in [1.54, 1.807) is 12.3 Å². The summed E-state index contributed by atoms with van der Waals surface area (Å²) in [6.45, 7) is 6.46. The first-order chi connectivity index (χ1) is 12.5. The van der Waals surface area contributed by atoms with Gasteiger partial charge in [0, 0.05) is 47.9 Å². The molecular formula is C17H20N6O3. The molecule has 0 spiro atoms. The first kappa shape index (κ1) is 17.7. The SMILES string of the molecule is Cc1cc(C)nc(NN=Cc2cc([N+](=O)[O-])ccc2N2CCOCC2)n1. The van der Waals surface area contributed by atoms with Gasteiger partial charge in [-0.25, -0.2) is 15.4 Å². The highest BCUT2D eigenvalue weighted by Gasteiger charge is 2.17. The maximum Gasteiger partial charge on any atom is 0.270 e. The minimum atomic E-state index is -0.416. The lowest BCUT2D eigenvalue weighted by Crippen LogP contribution is -2.36. The monoisotopic (exact) mass is 356 g/mol. The summed E-state index contributed by atoms with van der Waals surface area (Å²) in [5.74, 6) is 0.386. The zero-order valence-electron chi connectivity index (χ0n) is 14.7. The van der Waals surface area contributed by atoms with Gasteiger partial charge in [0.15, 0.2) is 0 Å². The standard InChI is InChI=1S/C17H20N6O3/c1-12-9-13(2)20-17(19-12)21-18-11-14-10-15(23(24)25)3-4-16(14)22-5-7-26-8-6-22/h3-4,9-11H,5-8H2,1-2H3,(H,19,20,21). The Hall–Kier alpha value is -3.07. The van der Waals surface area contributed by atoms with E-state index in [2.05, 4.69) is 25.4 Å². The van der Waals surface area contributed by atoms with Crippen molar-refractivity contribution in [1.29, 1.82) is 0 Å². The molecule has 3 rings (SSSR count). The summed E-state index contributed by atoms with van der Waals surface area (Å²) in [6.07, 6.45) is 1.55. The molecule has 9 heteroatoms. The Balaban J connectivity index is 1.85. The summed E-state index contributed by atoms with van der Waals surface area (Å²) in [4.78, 5) is 21.3. The Morgan fingerprint density at radius 1 is 1.23 bits per heavy atom. The molecule has 2 heterocycles. The van der Waals surface area contributed by atoms with E-state index in [1.807, 2.05) is 19.9 Å². The number of hydrogen-bond acceptors (Lipinski definition) is 8. The quantitative estimate of drug-likeness (QED) is 0.498. The number of nitro benzene ring substituents is 1. The highest BCUT2D eigenvalue weighted by molar-refractivity contribution is 5.89. The fourth-order valence-corrected chi connectivity index (χ4v) is 2.79. The van der Waals surface area contributed by atoms with E-state index in [0.29, 0.717) is 24.7 Å². The lowest BCUT2D eigenvalue weighted by molar-refractivity contribution is -0.384. The lowest BCUT2D eigenvalue weighted by Gasteiger charge is -2.29. The van der Waals surface area contributed by atoms with Crippen molar-refractivity contribution in [1.82, 2.24) is 9.97 Å². The number of nitrogens with zero attached hydrogens (tertiary/aromatic N) is 5. The molecule has 1 aliphatic rings. The van der Waals surface area contributed by atoms with Crippen LogP contribution in [0.5, 0.6) is 0 Å². The van der Waals surface area contributed by atoms with Gasteiger partial charge in [-0.3, -0.25) is 10.1 Å². The zero-order chi connectivity index (χ0) is 18.5. The van der Waals surface area contributed by atoms with Crippen LogP contribution in [-0.2, 0) is 4.74 Å². The highest BCUT2D eigenvalue weighted by Crippen LogP contribution is 2.25. The fraction of sp³-hybridized carbons (Fsp3) is 0.353. The van der Waals surface area contributed by atoms with Crippen LogP contribution in [0.25, 0.3) is 0 Å². The van der Waals surface area contributed by atoms with Crippen LogP contribution in [-0.4, -0.2) is 47.4 Å². The molecule has 0 radical (unpaired) electrons. The maximum atomic E-state index is 11.1. The number of anilines is 2. The molecule has 0 amide bonds. The van der Waals surface area contributed by atoms with Crippen molar-refractivity contribution in [3.05, 3.63) is 51.3 Å². The first-order valence-electron chi connectivity index (χ1n) is 8.25. The van der Waals surface area contributed by atoms with Crippen molar-refractivity contribution < 1.29 is 9.66 Å². The summed E-state index contributed by atoms with van der Waals surface area (Å²) in [5.41, 5.74) is 6.00. The second-order valence-electron chi connectivity index (χ2n) is 5.94. The number of morpholine rings is 1. The molecule has 0 atom stereocenters. The number of nitro groups is 1. The summed E-state index contributed by atoms with van der Waals surface area (Å²) >= 11 is 0. The van der Waals surface area contributed by atoms with Crippen LogP contribution in [0.4, 0.5) is 17.3 Å². The average molecular weight is 356 g/mol. The highest BCUT2D eigenvalue weighted by atomic mass is 16.6. The van der Waals surface area contributed by atoms with Crippen LogP contribution >= 0.6 is 0 Å². The maximum absolute atomic E-state index is 11.1. The molecule has 0 saturated carbocycles. The molecule has 0 bridgehead atoms. The van der Waals surface area contributed by atoms with Crippen LogP contribution in [0, 0.1) is 24.0 Å². The van der Waals surface area contributed by atoms with Crippen molar-refractivity contribution in [2.24, 2.45) is 5.10 Å². The smallest absolute Gasteiger partial charge is 0.270 e. The number of nitrogens with one attached hydrogen (secondary N) is 1. The molecule has 136 valence electrons. The van der Waals surface area contributed by atoms with Gasteiger partial charge in [-0.1, -0.05) is 0 Å². The third-order valence-electron chi connectivity index (χ3n) is 3.92. The van der Waals surface area contributed by atoms with Gasteiger partial charge in [0.25, 0.3) is 5.69 Å². The summed E-state index contributed by atoms with van der Waals surface area (Å²) < 4.78 is 5.37. The van der Waals surface area contributed by atoms with Crippen LogP contribution < -0.4 is 10.3 Å². The summed E-state index contributed by atoms with van der Waals surface area (Å²) in [6, 6.07) is 6.63. The van der Waals surface area contributed by atoms with Gasteiger partial charge in [0.2, 0.25) is 5.95 Å². The Morgan fingerprint density at radius 3 is 2.58 bits per heavy atom. The fourth-order valence-electron chi connectivity index (χ4n) is 2.79. The average Bonchev–Trinajstić information content (AvgIpc) is 2.61. The van der Waals surface area contributed by atoms with Crippen molar-refractivity contribution >= 4 is 23.5 Å². The number of hydrazone groups is 1. The Labute approximate surface area is 150 Å². The van der Waals surface area contributed by atoms with Crippen LogP contribution in [0.3, 0.4) is 0 Å². The van der Waals surface area contributed by atoms with E-state index in [4.69, 9.17) is 4.74 Å². The largest absolute Gasteiger partial charge is 0.378 e.